The van der Waals surface area contributed by atoms with Gasteiger partial charge in [0.05, 0.1) is 19.8 Å². The highest BCUT2D eigenvalue weighted by Gasteiger charge is 2.33. The SMILES string of the molecule is CC1(CNC(=O)CN2CCCC2=O)COC1. The zero-order valence-electron chi connectivity index (χ0n) is 9.62. The monoisotopic (exact) mass is 226 g/mol. The Morgan fingerprint density at radius 1 is 1.56 bits per heavy atom. The number of rotatable bonds is 4. The molecule has 0 aliphatic carbocycles. The predicted molar refractivity (Wildman–Crippen MR) is 57.7 cm³/mol. The molecule has 2 heterocycles. The normalized spacial score (nSPS) is 23.1. The highest BCUT2D eigenvalue weighted by molar-refractivity contribution is 5.85. The van der Waals surface area contributed by atoms with E-state index in [1.807, 2.05) is 0 Å². The van der Waals surface area contributed by atoms with E-state index < -0.39 is 0 Å². The summed E-state index contributed by atoms with van der Waals surface area (Å²) in [6.07, 6.45) is 1.45. The van der Waals surface area contributed by atoms with Crippen molar-refractivity contribution >= 4 is 11.8 Å². The molecule has 0 aromatic heterocycles. The summed E-state index contributed by atoms with van der Waals surface area (Å²) in [7, 11) is 0. The first-order chi connectivity index (χ1) is 7.59. The van der Waals surface area contributed by atoms with Crippen LogP contribution in [0, 0.1) is 5.41 Å². The summed E-state index contributed by atoms with van der Waals surface area (Å²) in [5, 5.41) is 2.86. The summed E-state index contributed by atoms with van der Waals surface area (Å²) in [4.78, 5) is 24.5. The Balaban J connectivity index is 1.70. The number of likely N-dealkylation sites (tertiary alicyclic amines) is 1. The highest BCUT2D eigenvalue weighted by atomic mass is 16.5. The molecule has 2 fully saturated rings. The lowest BCUT2D eigenvalue weighted by molar-refractivity contribution is -0.135. The van der Waals surface area contributed by atoms with Crippen LogP contribution in [0.3, 0.4) is 0 Å². The van der Waals surface area contributed by atoms with E-state index in [0.29, 0.717) is 32.7 Å². The number of amides is 2. The van der Waals surface area contributed by atoms with Crippen molar-refractivity contribution in [2.75, 3.05) is 32.8 Å². The maximum Gasteiger partial charge on any atom is 0.239 e. The average Bonchev–Trinajstić information content (AvgIpc) is 2.59. The van der Waals surface area contributed by atoms with Gasteiger partial charge in [-0.3, -0.25) is 9.59 Å². The quantitative estimate of drug-likeness (QED) is 0.720. The lowest BCUT2D eigenvalue weighted by Gasteiger charge is -2.38. The van der Waals surface area contributed by atoms with Gasteiger partial charge in [-0.15, -0.1) is 0 Å². The van der Waals surface area contributed by atoms with Crippen molar-refractivity contribution in [1.82, 2.24) is 10.2 Å². The Labute approximate surface area is 95.1 Å². The molecule has 90 valence electrons. The van der Waals surface area contributed by atoms with Gasteiger partial charge in [0.2, 0.25) is 11.8 Å². The Morgan fingerprint density at radius 3 is 2.81 bits per heavy atom. The van der Waals surface area contributed by atoms with Crippen LogP contribution in [0.25, 0.3) is 0 Å². The second-order valence-corrected chi connectivity index (χ2v) is 5.00. The number of ether oxygens (including phenoxy) is 1. The van der Waals surface area contributed by atoms with Crippen molar-refractivity contribution in [1.29, 1.82) is 0 Å². The summed E-state index contributed by atoms with van der Waals surface area (Å²) in [5.41, 5.74) is 0.0880. The minimum atomic E-state index is -0.0663. The minimum absolute atomic E-state index is 0.0663. The smallest absolute Gasteiger partial charge is 0.239 e. The molecule has 0 unspecified atom stereocenters. The van der Waals surface area contributed by atoms with Crippen LogP contribution in [-0.2, 0) is 14.3 Å². The van der Waals surface area contributed by atoms with Crippen LogP contribution in [-0.4, -0.2) is 49.6 Å². The van der Waals surface area contributed by atoms with Crippen LogP contribution in [0.1, 0.15) is 19.8 Å². The Morgan fingerprint density at radius 2 is 2.31 bits per heavy atom. The molecule has 0 bridgehead atoms. The van der Waals surface area contributed by atoms with Gasteiger partial charge in [0.1, 0.15) is 0 Å². The Kier molecular flexibility index (Phi) is 3.14. The number of hydrogen-bond donors (Lipinski definition) is 1. The van der Waals surface area contributed by atoms with Gasteiger partial charge >= 0.3 is 0 Å². The minimum Gasteiger partial charge on any atom is -0.380 e. The molecule has 0 aromatic carbocycles. The maximum atomic E-state index is 11.6. The van der Waals surface area contributed by atoms with E-state index in [1.165, 1.54) is 0 Å². The van der Waals surface area contributed by atoms with E-state index >= 15 is 0 Å². The fraction of sp³-hybridized carbons (Fsp3) is 0.818. The molecule has 1 N–H and O–H groups in total. The number of carbonyl (C=O) groups is 2. The first kappa shape index (κ1) is 11.4. The van der Waals surface area contributed by atoms with E-state index in [9.17, 15) is 9.59 Å². The van der Waals surface area contributed by atoms with Gasteiger partial charge in [-0.2, -0.15) is 0 Å². The van der Waals surface area contributed by atoms with Gasteiger partial charge < -0.3 is 15.0 Å². The van der Waals surface area contributed by atoms with Gasteiger partial charge in [0.15, 0.2) is 0 Å². The summed E-state index contributed by atoms with van der Waals surface area (Å²) in [6.45, 7) is 5.04. The third-order valence-corrected chi connectivity index (χ3v) is 3.12. The molecule has 2 aliphatic rings. The zero-order valence-corrected chi connectivity index (χ0v) is 9.62. The molecule has 5 nitrogen and oxygen atoms in total. The molecule has 2 rings (SSSR count). The second kappa shape index (κ2) is 4.41. The molecule has 2 amide bonds. The van der Waals surface area contributed by atoms with E-state index in [4.69, 9.17) is 4.74 Å². The molecule has 2 aliphatic heterocycles. The van der Waals surface area contributed by atoms with Crippen molar-refractivity contribution in [2.24, 2.45) is 5.41 Å². The number of nitrogens with zero attached hydrogens (tertiary/aromatic N) is 1. The molecular weight excluding hydrogens is 208 g/mol. The van der Waals surface area contributed by atoms with E-state index in [2.05, 4.69) is 12.2 Å². The first-order valence-corrected chi connectivity index (χ1v) is 5.71. The molecule has 0 atom stereocenters. The van der Waals surface area contributed by atoms with Crippen molar-refractivity contribution < 1.29 is 14.3 Å². The molecule has 0 radical (unpaired) electrons. The molecule has 0 saturated carbocycles. The number of hydrogen-bond acceptors (Lipinski definition) is 3. The third kappa shape index (κ3) is 2.52. The Hall–Kier alpha value is -1.10. The van der Waals surface area contributed by atoms with Gasteiger partial charge in [-0.05, 0) is 6.42 Å². The third-order valence-electron chi connectivity index (χ3n) is 3.12. The van der Waals surface area contributed by atoms with E-state index in [1.54, 1.807) is 4.90 Å². The maximum absolute atomic E-state index is 11.6. The van der Waals surface area contributed by atoms with Crippen LogP contribution in [0.5, 0.6) is 0 Å². The Bertz CT molecular complexity index is 300. The summed E-state index contributed by atoms with van der Waals surface area (Å²) in [5.74, 6) is 0.0247. The lowest BCUT2D eigenvalue weighted by atomic mass is 9.89. The largest absolute Gasteiger partial charge is 0.380 e. The number of nitrogens with one attached hydrogen (secondary N) is 1. The first-order valence-electron chi connectivity index (χ1n) is 5.71. The summed E-state index contributed by atoms with van der Waals surface area (Å²) in [6, 6.07) is 0. The van der Waals surface area contributed by atoms with Crippen molar-refractivity contribution in [2.45, 2.75) is 19.8 Å². The van der Waals surface area contributed by atoms with Gasteiger partial charge in [0.25, 0.3) is 0 Å². The highest BCUT2D eigenvalue weighted by Crippen LogP contribution is 2.24. The number of carbonyl (C=O) groups excluding carboxylic acids is 2. The fourth-order valence-corrected chi connectivity index (χ4v) is 1.96. The van der Waals surface area contributed by atoms with E-state index in [-0.39, 0.29) is 23.8 Å². The lowest BCUT2D eigenvalue weighted by Crippen LogP contribution is -2.50. The zero-order chi connectivity index (χ0) is 11.6. The molecular formula is C11H18N2O3. The van der Waals surface area contributed by atoms with Gasteiger partial charge in [-0.25, -0.2) is 0 Å². The van der Waals surface area contributed by atoms with Crippen LogP contribution >= 0.6 is 0 Å². The fourth-order valence-electron chi connectivity index (χ4n) is 1.96. The van der Waals surface area contributed by atoms with E-state index in [0.717, 1.165) is 6.42 Å². The topological polar surface area (TPSA) is 58.6 Å². The molecule has 0 spiro atoms. The van der Waals surface area contributed by atoms with Crippen LogP contribution in [0.2, 0.25) is 0 Å². The van der Waals surface area contributed by atoms with Crippen LogP contribution in [0.4, 0.5) is 0 Å². The second-order valence-electron chi connectivity index (χ2n) is 5.00. The predicted octanol–water partition coefficient (Wildman–Crippen LogP) is -0.238. The van der Waals surface area contributed by atoms with Crippen LogP contribution < -0.4 is 5.32 Å². The molecule has 16 heavy (non-hydrogen) atoms. The standard InChI is InChI=1S/C11H18N2O3/c1-11(7-16-8-11)6-12-9(14)5-13-4-2-3-10(13)15/h2-8H2,1H3,(H,12,14). The summed E-state index contributed by atoms with van der Waals surface area (Å²) < 4.78 is 5.10. The molecule has 2 saturated heterocycles. The summed E-state index contributed by atoms with van der Waals surface area (Å²) >= 11 is 0. The average molecular weight is 226 g/mol. The van der Waals surface area contributed by atoms with Crippen molar-refractivity contribution in [3.8, 4) is 0 Å². The van der Waals surface area contributed by atoms with Crippen molar-refractivity contribution in [3.05, 3.63) is 0 Å². The van der Waals surface area contributed by atoms with Gasteiger partial charge in [0, 0.05) is 24.9 Å². The molecule has 0 aromatic rings. The van der Waals surface area contributed by atoms with Crippen molar-refractivity contribution in [3.63, 3.8) is 0 Å². The molecule has 5 heteroatoms. The van der Waals surface area contributed by atoms with Gasteiger partial charge in [-0.1, -0.05) is 6.92 Å². The van der Waals surface area contributed by atoms with Crippen LogP contribution in [0.15, 0.2) is 0 Å².